The van der Waals surface area contributed by atoms with Gasteiger partial charge in [-0.05, 0) is 31.5 Å². The Morgan fingerprint density at radius 3 is 2.50 bits per heavy atom. The summed E-state index contributed by atoms with van der Waals surface area (Å²) in [5.41, 5.74) is 0.738. The van der Waals surface area contributed by atoms with Crippen LogP contribution in [0.4, 0.5) is 13.2 Å². The molecule has 1 heterocycles. The molecule has 0 N–H and O–H groups in total. The number of halogens is 3. The lowest BCUT2D eigenvalue weighted by atomic mass is 10.00. The van der Waals surface area contributed by atoms with Crippen LogP contribution in [0.2, 0.25) is 0 Å². The van der Waals surface area contributed by atoms with Crippen molar-refractivity contribution in [2.24, 2.45) is 0 Å². The SMILES string of the molecule is Cc1csc(CC(=O)c2ccc(C(F)(F)F)cc2C)n1. The lowest BCUT2D eigenvalue weighted by Gasteiger charge is -2.10. The summed E-state index contributed by atoms with van der Waals surface area (Å²) in [6.45, 7) is 3.34. The number of rotatable bonds is 3. The number of benzene rings is 1. The minimum absolute atomic E-state index is 0.116. The van der Waals surface area contributed by atoms with Crippen LogP contribution < -0.4 is 0 Å². The highest BCUT2D eigenvalue weighted by molar-refractivity contribution is 7.09. The maximum atomic E-state index is 12.6. The van der Waals surface area contributed by atoms with E-state index in [0.29, 0.717) is 16.1 Å². The molecule has 1 aromatic heterocycles. The molecule has 20 heavy (non-hydrogen) atoms. The van der Waals surface area contributed by atoms with Crippen LogP contribution in [-0.2, 0) is 12.6 Å². The number of carbonyl (C=O) groups excluding carboxylic acids is 1. The summed E-state index contributed by atoms with van der Waals surface area (Å²) in [4.78, 5) is 16.3. The molecule has 0 bridgehead atoms. The van der Waals surface area contributed by atoms with Gasteiger partial charge in [-0.3, -0.25) is 4.79 Å². The van der Waals surface area contributed by atoms with Crippen molar-refractivity contribution in [3.05, 3.63) is 51.0 Å². The normalized spacial score (nSPS) is 11.7. The molecule has 2 rings (SSSR count). The molecule has 106 valence electrons. The van der Waals surface area contributed by atoms with Crippen molar-refractivity contribution >= 4 is 17.1 Å². The molecular weight excluding hydrogens is 287 g/mol. The highest BCUT2D eigenvalue weighted by Gasteiger charge is 2.31. The van der Waals surface area contributed by atoms with Gasteiger partial charge in [0.2, 0.25) is 0 Å². The molecule has 0 aliphatic carbocycles. The second-order valence-corrected chi connectivity index (χ2v) is 5.45. The number of Topliss-reactive ketones (excluding diaryl/α,β-unsaturated/α-hetero) is 1. The minimum Gasteiger partial charge on any atom is -0.294 e. The molecule has 0 unspecified atom stereocenters. The number of carbonyl (C=O) groups is 1. The van der Waals surface area contributed by atoms with E-state index in [9.17, 15) is 18.0 Å². The molecule has 0 aliphatic heterocycles. The first-order valence-electron chi connectivity index (χ1n) is 5.89. The molecule has 0 spiro atoms. The first-order chi connectivity index (χ1) is 9.27. The van der Waals surface area contributed by atoms with Crippen molar-refractivity contribution in [3.8, 4) is 0 Å². The lowest BCUT2D eigenvalue weighted by molar-refractivity contribution is -0.137. The molecular formula is C14H12F3NOS. The van der Waals surface area contributed by atoms with E-state index < -0.39 is 11.7 Å². The second kappa shape index (κ2) is 5.36. The van der Waals surface area contributed by atoms with Crippen LogP contribution in [0.15, 0.2) is 23.6 Å². The maximum absolute atomic E-state index is 12.6. The van der Waals surface area contributed by atoms with Gasteiger partial charge in [-0.2, -0.15) is 13.2 Å². The van der Waals surface area contributed by atoms with E-state index in [-0.39, 0.29) is 12.2 Å². The Hall–Kier alpha value is -1.69. The van der Waals surface area contributed by atoms with E-state index in [1.807, 2.05) is 12.3 Å². The Morgan fingerprint density at radius 2 is 2.00 bits per heavy atom. The summed E-state index contributed by atoms with van der Waals surface area (Å²) >= 11 is 1.37. The monoisotopic (exact) mass is 299 g/mol. The summed E-state index contributed by atoms with van der Waals surface area (Å²) in [5, 5.41) is 2.51. The molecule has 2 aromatic rings. The fraction of sp³-hybridized carbons (Fsp3) is 0.286. The van der Waals surface area contributed by atoms with Gasteiger partial charge in [-0.15, -0.1) is 11.3 Å². The highest BCUT2D eigenvalue weighted by Crippen LogP contribution is 2.30. The van der Waals surface area contributed by atoms with Gasteiger partial charge in [0.1, 0.15) is 5.01 Å². The summed E-state index contributed by atoms with van der Waals surface area (Å²) < 4.78 is 37.7. The van der Waals surface area contributed by atoms with Crippen LogP contribution in [0, 0.1) is 13.8 Å². The fourth-order valence-electron chi connectivity index (χ4n) is 1.87. The largest absolute Gasteiger partial charge is 0.416 e. The van der Waals surface area contributed by atoms with E-state index in [1.54, 1.807) is 0 Å². The summed E-state index contributed by atoms with van der Waals surface area (Å²) in [7, 11) is 0. The van der Waals surface area contributed by atoms with E-state index in [1.165, 1.54) is 24.3 Å². The third-order valence-electron chi connectivity index (χ3n) is 2.83. The van der Waals surface area contributed by atoms with Gasteiger partial charge in [-0.1, -0.05) is 6.07 Å². The average Bonchev–Trinajstić information content (AvgIpc) is 2.73. The maximum Gasteiger partial charge on any atom is 0.416 e. The van der Waals surface area contributed by atoms with Gasteiger partial charge in [0, 0.05) is 16.6 Å². The van der Waals surface area contributed by atoms with Crippen molar-refractivity contribution in [1.29, 1.82) is 0 Å². The second-order valence-electron chi connectivity index (χ2n) is 4.51. The average molecular weight is 299 g/mol. The zero-order valence-electron chi connectivity index (χ0n) is 10.9. The standard InChI is InChI=1S/C14H12F3NOS/c1-8-5-10(14(15,16)17)3-4-11(8)12(19)6-13-18-9(2)7-20-13/h3-5,7H,6H2,1-2H3. The number of hydrogen-bond donors (Lipinski definition) is 0. The van der Waals surface area contributed by atoms with Gasteiger partial charge in [0.15, 0.2) is 5.78 Å². The van der Waals surface area contributed by atoms with E-state index in [4.69, 9.17) is 0 Å². The summed E-state index contributed by atoms with van der Waals surface area (Å²) in [6, 6.07) is 3.18. The van der Waals surface area contributed by atoms with Crippen LogP contribution in [0.1, 0.15) is 32.2 Å². The molecule has 0 fully saturated rings. The van der Waals surface area contributed by atoms with Gasteiger partial charge in [0.05, 0.1) is 12.0 Å². The molecule has 0 aliphatic rings. The molecule has 2 nitrogen and oxygen atoms in total. The van der Waals surface area contributed by atoms with Crippen molar-refractivity contribution in [2.45, 2.75) is 26.4 Å². The van der Waals surface area contributed by atoms with Gasteiger partial charge in [-0.25, -0.2) is 4.98 Å². The first kappa shape index (κ1) is 14.7. The zero-order chi connectivity index (χ0) is 14.9. The highest BCUT2D eigenvalue weighted by atomic mass is 32.1. The molecule has 0 radical (unpaired) electrons. The van der Waals surface area contributed by atoms with E-state index in [2.05, 4.69) is 4.98 Å². The predicted octanol–water partition coefficient (Wildman–Crippen LogP) is 4.20. The van der Waals surface area contributed by atoms with Crippen LogP contribution in [0.5, 0.6) is 0 Å². The van der Waals surface area contributed by atoms with Crippen LogP contribution in [0.3, 0.4) is 0 Å². The van der Waals surface area contributed by atoms with Crippen molar-refractivity contribution < 1.29 is 18.0 Å². The molecule has 1 aromatic carbocycles. The van der Waals surface area contributed by atoms with E-state index >= 15 is 0 Å². The first-order valence-corrected chi connectivity index (χ1v) is 6.77. The Labute approximate surface area is 118 Å². The van der Waals surface area contributed by atoms with Crippen molar-refractivity contribution in [2.75, 3.05) is 0 Å². The quantitative estimate of drug-likeness (QED) is 0.795. The Kier molecular flexibility index (Phi) is 3.94. The third-order valence-corrected chi connectivity index (χ3v) is 3.80. The molecule has 6 heteroatoms. The number of alkyl halides is 3. The number of hydrogen-bond acceptors (Lipinski definition) is 3. The molecule has 0 saturated carbocycles. The number of aromatic nitrogens is 1. The summed E-state index contributed by atoms with van der Waals surface area (Å²) in [5.74, 6) is -0.217. The number of aryl methyl sites for hydroxylation is 2. The molecule has 0 saturated heterocycles. The molecule has 0 amide bonds. The number of thiazole rings is 1. The smallest absolute Gasteiger partial charge is 0.294 e. The van der Waals surface area contributed by atoms with Crippen LogP contribution >= 0.6 is 11.3 Å². The topological polar surface area (TPSA) is 30.0 Å². The number of nitrogens with zero attached hydrogens (tertiary/aromatic N) is 1. The minimum atomic E-state index is -4.39. The Bertz CT molecular complexity index is 646. The Morgan fingerprint density at radius 1 is 1.30 bits per heavy atom. The summed E-state index contributed by atoms with van der Waals surface area (Å²) in [6.07, 6.45) is -4.27. The number of ketones is 1. The van der Waals surface area contributed by atoms with Crippen LogP contribution in [0.25, 0.3) is 0 Å². The zero-order valence-corrected chi connectivity index (χ0v) is 11.7. The van der Waals surface area contributed by atoms with Gasteiger partial charge >= 0.3 is 6.18 Å². The van der Waals surface area contributed by atoms with E-state index in [0.717, 1.165) is 17.8 Å². The Balaban J connectivity index is 2.22. The van der Waals surface area contributed by atoms with Gasteiger partial charge in [0.25, 0.3) is 0 Å². The van der Waals surface area contributed by atoms with Crippen LogP contribution in [-0.4, -0.2) is 10.8 Å². The predicted molar refractivity (Wildman–Crippen MR) is 71.1 cm³/mol. The fourth-order valence-corrected chi connectivity index (χ4v) is 2.64. The van der Waals surface area contributed by atoms with Crippen molar-refractivity contribution in [3.63, 3.8) is 0 Å². The third kappa shape index (κ3) is 3.25. The molecule has 0 atom stereocenters. The van der Waals surface area contributed by atoms with Crippen molar-refractivity contribution in [1.82, 2.24) is 4.98 Å². The van der Waals surface area contributed by atoms with Gasteiger partial charge < -0.3 is 0 Å². The lowest BCUT2D eigenvalue weighted by Crippen LogP contribution is -2.09.